The van der Waals surface area contributed by atoms with E-state index in [9.17, 15) is 0 Å². The number of aromatic amines is 1. The minimum Gasteiger partial charge on any atom is -0.329 e. The van der Waals surface area contributed by atoms with Crippen molar-refractivity contribution >= 4 is 23.4 Å². The first-order valence-corrected chi connectivity index (χ1v) is 7.13. The molecule has 2 atom stereocenters. The fourth-order valence-electron chi connectivity index (χ4n) is 3.12. The van der Waals surface area contributed by atoms with E-state index in [4.69, 9.17) is 12.2 Å². The molecule has 0 saturated heterocycles. The molecule has 1 aliphatic rings. The number of hydrogen-bond donors (Lipinski definition) is 1. The molecule has 1 saturated carbocycles. The van der Waals surface area contributed by atoms with Crippen LogP contribution in [-0.2, 0) is 0 Å². The van der Waals surface area contributed by atoms with Gasteiger partial charge in [0.05, 0.1) is 5.52 Å². The second kappa shape index (κ2) is 4.50. The first kappa shape index (κ1) is 11.9. The number of H-pyrrole nitrogens is 1. The number of rotatable bonds is 1. The first-order chi connectivity index (χ1) is 8.66. The Balaban J connectivity index is 2.14. The maximum atomic E-state index is 5.50. The van der Waals surface area contributed by atoms with Crippen molar-refractivity contribution in [2.75, 3.05) is 0 Å². The number of nitrogens with zero attached hydrogens (tertiary/aromatic N) is 2. The number of hydrogen-bond acceptors (Lipinski definition) is 2. The highest BCUT2D eigenvalue weighted by molar-refractivity contribution is 7.71. The third-order valence-electron chi connectivity index (χ3n) is 4.09. The van der Waals surface area contributed by atoms with E-state index in [0.717, 1.165) is 21.9 Å². The van der Waals surface area contributed by atoms with Crippen molar-refractivity contribution in [3.8, 4) is 0 Å². The van der Waals surface area contributed by atoms with Crippen LogP contribution in [0.3, 0.4) is 0 Å². The van der Waals surface area contributed by atoms with Gasteiger partial charge in [0.15, 0.2) is 10.4 Å². The molecular formula is C14H19N3S. The minimum atomic E-state index is 0.518. The van der Waals surface area contributed by atoms with Gasteiger partial charge in [-0.15, -0.1) is 0 Å². The fraction of sp³-hybridized carbons (Fsp3) is 0.571. The van der Waals surface area contributed by atoms with Gasteiger partial charge in [-0.25, -0.2) is 4.98 Å². The number of imidazole rings is 1. The topological polar surface area (TPSA) is 33.6 Å². The summed E-state index contributed by atoms with van der Waals surface area (Å²) in [5, 5.41) is 0. The summed E-state index contributed by atoms with van der Waals surface area (Å²) in [6, 6.07) is 2.55. The van der Waals surface area contributed by atoms with Gasteiger partial charge in [-0.3, -0.25) is 4.57 Å². The molecule has 2 unspecified atom stereocenters. The molecule has 0 spiro atoms. The lowest BCUT2D eigenvalue weighted by Gasteiger charge is -2.27. The fourth-order valence-corrected chi connectivity index (χ4v) is 3.46. The molecule has 0 bridgehead atoms. The Morgan fingerprint density at radius 1 is 1.44 bits per heavy atom. The van der Waals surface area contributed by atoms with Crippen LogP contribution < -0.4 is 0 Å². The van der Waals surface area contributed by atoms with Crippen molar-refractivity contribution in [2.24, 2.45) is 5.92 Å². The molecule has 0 radical (unpaired) electrons. The zero-order chi connectivity index (χ0) is 12.7. The van der Waals surface area contributed by atoms with Gasteiger partial charge in [0.2, 0.25) is 0 Å². The molecule has 96 valence electrons. The summed E-state index contributed by atoms with van der Waals surface area (Å²) in [6.07, 6.45) is 6.96. The second-order valence-corrected chi connectivity index (χ2v) is 5.94. The summed E-state index contributed by atoms with van der Waals surface area (Å²) in [5.74, 6) is 0.792. The molecule has 2 heterocycles. The predicted octanol–water partition coefficient (Wildman–Crippen LogP) is 4.15. The van der Waals surface area contributed by atoms with Gasteiger partial charge in [-0.05, 0) is 49.5 Å². The van der Waals surface area contributed by atoms with Crippen LogP contribution in [0.5, 0.6) is 0 Å². The van der Waals surface area contributed by atoms with Gasteiger partial charge < -0.3 is 4.98 Å². The smallest absolute Gasteiger partial charge is 0.179 e. The Morgan fingerprint density at radius 3 is 3.06 bits per heavy atom. The van der Waals surface area contributed by atoms with Crippen molar-refractivity contribution in [3.63, 3.8) is 0 Å². The van der Waals surface area contributed by atoms with Gasteiger partial charge >= 0.3 is 0 Å². The zero-order valence-corrected chi connectivity index (χ0v) is 11.8. The van der Waals surface area contributed by atoms with Crippen LogP contribution in [0.2, 0.25) is 0 Å². The standard InChI is InChI=1S/C14H19N3S/c1-9-4-3-5-11(8-9)17-13-12(16-14(17)18)10(2)6-7-15-13/h6-7,9,11H,3-5,8H2,1-2H3,(H,16,18). The third-order valence-corrected chi connectivity index (χ3v) is 4.39. The Labute approximate surface area is 112 Å². The highest BCUT2D eigenvalue weighted by Gasteiger charge is 2.23. The molecule has 1 aliphatic carbocycles. The number of pyridine rings is 1. The van der Waals surface area contributed by atoms with Gasteiger partial charge in [0, 0.05) is 12.2 Å². The molecule has 2 aromatic heterocycles. The summed E-state index contributed by atoms with van der Waals surface area (Å²) in [5.41, 5.74) is 3.34. The largest absolute Gasteiger partial charge is 0.329 e. The van der Waals surface area contributed by atoms with E-state index in [1.807, 2.05) is 12.3 Å². The molecule has 0 aliphatic heterocycles. The van der Waals surface area contributed by atoms with E-state index in [1.165, 1.54) is 31.2 Å². The quantitative estimate of drug-likeness (QED) is 0.782. The Morgan fingerprint density at radius 2 is 2.28 bits per heavy atom. The molecule has 3 rings (SSSR count). The molecule has 1 N–H and O–H groups in total. The van der Waals surface area contributed by atoms with Crippen molar-refractivity contribution in [3.05, 3.63) is 22.6 Å². The monoisotopic (exact) mass is 261 g/mol. The Hall–Kier alpha value is -1.16. The average molecular weight is 261 g/mol. The third kappa shape index (κ3) is 1.88. The Kier molecular flexibility index (Phi) is 2.98. The molecule has 2 aromatic rings. The molecule has 0 aromatic carbocycles. The summed E-state index contributed by atoms with van der Waals surface area (Å²) in [4.78, 5) is 7.85. The average Bonchev–Trinajstić information content (AvgIpc) is 2.67. The highest BCUT2D eigenvalue weighted by Crippen LogP contribution is 2.34. The van der Waals surface area contributed by atoms with Crippen molar-refractivity contribution < 1.29 is 0 Å². The van der Waals surface area contributed by atoms with Crippen LogP contribution >= 0.6 is 12.2 Å². The molecule has 4 heteroatoms. The van der Waals surface area contributed by atoms with Crippen LogP contribution in [0, 0.1) is 17.6 Å². The van der Waals surface area contributed by atoms with Crippen LogP contribution in [0.15, 0.2) is 12.3 Å². The minimum absolute atomic E-state index is 0.518. The SMILES string of the molecule is Cc1ccnc2c1[nH]c(=S)n2C1CCCC(C)C1. The van der Waals surface area contributed by atoms with E-state index in [2.05, 4.69) is 28.4 Å². The summed E-state index contributed by atoms with van der Waals surface area (Å²) < 4.78 is 3.07. The van der Waals surface area contributed by atoms with E-state index in [1.54, 1.807) is 0 Å². The number of aromatic nitrogens is 3. The number of nitrogens with one attached hydrogen (secondary N) is 1. The predicted molar refractivity (Wildman–Crippen MR) is 76.3 cm³/mol. The lowest BCUT2D eigenvalue weighted by Crippen LogP contribution is -2.18. The summed E-state index contributed by atoms with van der Waals surface area (Å²) in [6.45, 7) is 4.44. The van der Waals surface area contributed by atoms with Gasteiger partial charge in [-0.1, -0.05) is 19.8 Å². The van der Waals surface area contributed by atoms with E-state index >= 15 is 0 Å². The molecule has 18 heavy (non-hydrogen) atoms. The lowest BCUT2D eigenvalue weighted by molar-refractivity contribution is 0.284. The molecular weight excluding hydrogens is 242 g/mol. The molecule has 1 fully saturated rings. The molecule has 3 nitrogen and oxygen atoms in total. The maximum Gasteiger partial charge on any atom is 0.179 e. The second-order valence-electron chi connectivity index (χ2n) is 5.55. The van der Waals surface area contributed by atoms with Crippen LogP contribution in [-0.4, -0.2) is 14.5 Å². The van der Waals surface area contributed by atoms with E-state index < -0.39 is 0 Å². The van der Waals surface area contributed by atoms with E-state index in [0.29, 0.717) is 6.04 Å². The lowest BCUT2D eigenvalue weighted by atomic mass is 9.87. The maximum absolute atomic E-state index is 5.50. The van der Waals surface area contributed by atoms with Gasteiger partial charge in [0.25, 0.3) is 0 Å². The van der Waals surface area contributed by atoms with Gasteiger partial charge in [-0.2, -0.15) is 0 Å². The number of fused-ring (bicyclic) bond motifs is 1. The first-order valence-electron chi connectivity index (χ1n) is 6.72. The van der Waals surface area contributed by atoms with Crippen molar-refractivity contribution in [1.29, 1.82) is 0 Å². The van der Waals surface area contributed by atoms with Crippen LogP contribution in [0.25, 0.3) is 11.2 Å². The summed E-state index contributed by atoms with van der Waals surface area (Å²) in [7, 11) is 0. The normalized spacial score (nSPS) is 24.6. The van der Waals surface area contributed by atoms with E-state index in [-0.39, 0.29) is 0 Å². The zero-order valence-electron chi connectivity index (χ0n) is 10.9. The van der Waals surface area contributed by atoms with Crippen molar-refractivity contribution in [2.45, 2.75) is 45.6 Å². The highest BCUT2D eigenvalue weighted by atomic mass is 32.1. The Bertz CT molecular complexity index is 625. The van der Waals surface area contributed by atoms with Gasteiger partial charge in [0.1, 0.15) is 0 Å². The van der Waals surface area contributed by atoms with Crippen LogP contribution in [0.1, 0.15) is 44.2 Å². The number of aryl methyl sites for hydroxylation is 1. The van der Waals surface area contributed by atoms with Crippen molar-refractivity contribution in [1.82, 2.24) is 14.5 Å². The molecule has 0 amide bonds. The van der Waals surface area contributed by atoms with Crippen LogP contribution in [0.4, 0.5) is 0 Å². The summed E-state index contributed by atoms with van der Waals surface area (Å²) >= 11 is 5.50.